The molecule has 2 heterocycles. The first-order chi connectivity index (χ1) is 6.77. The standard InChI is InChI=1S/C9H11NO4/c11-9(12)7-5-10-14-8(7)4-6-2-1-3-13-6/h5-6H,1-4H2,(H,11,12). The molecule has 0 aliphatic carbocycles. The van der Waals surface area contributed by atoms with E-state index in [9.17, 15) is 4.79 Å². The summed E-state index contributed by atoms with van der Waals surface area (Å²) in [6.07, 6.45) is 3.80. The van der Waals surface area contributed by atoms with Crippen molar-refractivity contribution < 1.29 is 19.2 Å². The highest BCUT2D eigenvalue weighted by atomic mass is 16.5. The van der Waals surface area contributed by atoms with Crippen molar-refractivity contribution >= 4 is 5.97 Å². The lowest BCUT2D eigenvalue weighted by Gasteiger charge is -2.05. The van der Waals surface area contributed by atoms with Crippen LogP contribution in [0.3, 0.4) is 0 Å². The lowest BCUT2D eigenvalue weighted by molar-refractivity contribution is 0.0690. The minimum Gasteiger partial charge on any atom is -0.478 e. The Morgan fingerprint density at radius 2 is 2.57 bits per heavy atom. The van der Waals surface area contributed by atoms with Gasteiger partial charge in [0.05, 0.1) is 12.3 Å². The second-order valence-electron chi connectivity index (χ2n) is 3.31. The Morgan fingerprint density at radius 1 is 1.71 bits per heavy atom. The van der Waals surface area contributed by atoms with Crippen LogP contribution in [0.15, 0.2) is 10.7 Å². The van der Waals surface area contributed by atoms with Gasteiger partial charge in [-0.05, 0) is 12.8 Å². The summed E-state index contributed by atoms with van der Waals surface area (Å²) < 4.78 is 10.3. The fourth-order valence-corrected chi connectivity index (χ4v) is 1.60. The maximum Gasteiger partial charge on any atom is 0.340 e. The molecule has 0 amide bonds. The second-order valence-corrected chi connectivity index (χ2v) is 3.31. The lowest BCUT2D eigenvalue weighted by Crippen LogP contribution is -2.10. The number of hydrogen-bond acceptors (Lipinski definition) is 4. The number of carboxylic acid groups (broad SMARTS) is 1. The van der Waals surface area contributed by atoms with Gasteiger partial charge in [0, 0.05) is 13.0 Å². The number of carbonyl (C=O) groups is 1. The largest absolute Gasteiger partial charge is 0.478 e. The second kappa shape index (κ2) is 3.79. The van der Waals surface area contributed by atoms with Gasteiger partial charge >= 0.3 is 5.97 Å². The molecule has 0 spiro atoms. The molecular weight excluding hydrogens is 186 g/mol. The normalized spacial score (nSPS) is 21.3. The highest BCUT2D eigenvalue weighted by Gasteiger charge is 2.22. The maximum atomic E-state index is 10.7. The molecule has 14 heavy (non-hydrogen) atoms. The minimum absolute atomic E-state index is 0.0843. The average molecular weight is 197 g/mol. The van der Waals surface area contributed by atoms with Crippen molar-refractivity contribution in [2.45, 2.75) is 25.4 Å². The summed E-state index contributed by atoms with van der Waals surface area (Å²) in [5, 5.41) is 12.3. The third-order valence-corrected chi connectivity index (χ3v) is 2.31. The van der Waals surface area contributed by atoms with Gasteiger partial charge in [-0.15, -0.1) is 0 Å². The Hall–Kier alpha value is -1.36. The summed E-state index contributed by atoms with van der Waals surface area (Å²) in [5.74, 6) is -0.594. The summed E-state index contributed by atoms with van der Waals surface area (Å²) >= 11 is 0. The van der Waals surface area contributed by atoms with Crippen LogP contribution >= 0.6 is 0 Å². The van der Waals surface area contributed by atoms with Crippen molar-refractivity contribution in [3.8, 4) is 0 Å². The van der Waals surface area contributed by atoms with Gasteiger partial charge in [-0.3, -0.25) is 0 Å². The van der Waals surface area contributed by atoms with E-state index in [4.69, 9.17) is 14.4 Å². The van der Waals surface area contributed by atoms with Crippen LogP contribution in [0.1, 0.15) is 29.0 Å². The summed E-state index contributed by atoms with van der Waals surface area (Å²) in [6.45, 7) is 0.751. The van der Waals surface area contributed by atoms with Crippen molar-refractivity contribution in [1.29, 1.82) is 0 Å². The Balaban J connectivity index is 2.07. The molecule has 1 unspecified atom stereocenters. The summed E-state index contributed by atoms with van der Waals surface area (Å²) in [5.41, 5.74) is 0.139. The molecule has 1 aromatic rings. The Bertz CT molecular complexity index is 327. The van der Waals surface area contributed by atoms with Crippen LogP contribution in [-0.2, 0) is 11.2 Å². The zero-order chi connectivity index (χ0) is 9.97. The Kier molecular flexibility index (Phi) is 2.49. The van der Waals surface area contributed by atoms with Crippen molar-refractivity contribution in [2.24, 2.45) is 0 Å². The number of rotatable bonds is 3. The first kappa shape index (κ1) is 9.21. The van der Waals surface area contributed by atoms with E-state index in [0.717, 1.165) is 19.4 Å². The molecular formula is C9H11NO4. The molecule has 0 bridgehead atoms. The molecule has 1 fully saturated rings. The molecule has 1 aromatic heterocycles. The van der Waals surface area contributed by atoms with Crippen molar-refractivity contribution in [3.05, 3.63) is 17.5 Å². The van der Waals surface area contributed by atoms with Crippen LogP contribution in [-0.4, -0.2) is 28.9 Å². The molecule has 1 aliphatic heterocycles. The fraction of sp³-hybridized carbons (Fsp3) is 0.556. The molecule has 76 valence electrons. The van der Waals surface area contributed by atoms with Crippen molar-refractivity contribution in [1.82, 2.24) is 5.16 Å². The van der Waals surface area contributed by atoms with Gasteiger partial charge < -0.3 is 14.4 Å². The molecule has 0 saturated carbocycles. The zero-order valence-corrected chi connectivity index (χ0v) is 7.60. The molecule has 1 aliphatic rings. The molecule has 0 aromatic carbocycles. The van der Waals surface area contributed by atoms with E-state index < -0.39 is 5.97 Å². The molecule has 1 N–H and O–H groups in total. The molecule has 1 atom stereocenters. The predicted molar refractivity (Wildman–Crippen MR) is 46.1 cm³/mol. The quantitative estimate of drug-likeness (QED) is 0.785. The molecule has 5 heteroatoms. The number of carboxylic acids is 1. The number of ether oxygens (including phenoxy) is 1. The van der Waals surface area contributed by atoms with Gasteiger partial charge in [0.15, 0.2) is 5.76 Å². The SMILES string of the molecule is O=C(O)c1cnoc1CC1CCCO1. The van der Waals surface area contributed by atoms with E-state index in [1.165, 1.54) is 6.20 Å². The van der Waals surface area contributed by atoms with Crippen LogP contribution in [0.25, 0.3) is 0 Å². The molecule has 5 nitrogen and oxygen atoms in total. The number of hydrogen-bond donors (Lipinski definition) is 1. The number of aromatic carboxylic acids is 1. The number of aromatic nitrogens is 1. The average Bonchev–Trinajstić information content (AvgIpc) is 2.75. The van der Waals surface area contributed by atoms with Crippen molar-refractivity contribution in [3.63, 3.8) is 0 Å². The molecule has 2 rings (SSSR count). The first-order valence-electron chi connectivity index (χ1n) is 4.56. The van der Waals surface area contributed by atoms with Gasteiger partial charge in [0.25, 0.3) is 0 Å². The first-order valence-corrected chi connectivity index (χ1v) is 4.56. The van der Waals surface area contributed by atoms with Gasteiger partial charge in [-0.1, -0.05) is 5.16 Å². The van der Waals surface area contributed by atoms with Crippen LogP contribution in [0.4, 0.5) is 0 Å². The topological polar surface area (TPSA) is 72.6 Å². The zero-order valence-electron chi connectivity index (χ0n) is 7.60. The summed E-state index contributed by atoms with van der Waals surface area (Å²) in [6, 6.07) is 0. The smallest absolute Gasteiger partial charge is 0.340 e. The monoisotopic (exact) mass is 197 g/mol. The number of nitrogens with zero attached hydrogens (tertiary/aromatic N) is 1. The van der Waals surface area contributed by atoms with Crippen LogP contribution < -0.4 is 0 Å². The molecule has 0 radical (unpaired) electrons. The van der Waals surface area contributed by atoms with Crippen molar-refractivity contribution in [2.75, 3.05) is 6.61 Å². The minimum atomic E-state index is -1.00. The van der Waals surface area contributed by atoms with Crippen LogP contribution in [0.2, 0.25) is 0 Å². The summed E-state index contributed by atoms with van der Waals surface area (Å²) in [4.78, 5) is 10.7. The fourth-order valence-electron chi connectivity index (χ4n) is 1.60. The predicted octanol–water partition coefficient (Wildman–Crippen LogP) is 1.09. The highest BCUT2D eigenvalue weighted by molar-refractivity contribution is 5.88. The van der Waals surface area contributed by atoms with Gasteiger partial charge in [-0.25, -0.2) is 4.79 Å². The van der Waals surface area contributed by atoms with Crippen LogP contribution in [0.5, 0.6) is 0 Å². The van der Waals surface area contributed by atoms with Gasteiger partial charge in [0.1, 0.15) is 5.56 Å². The van der Waals surface area contributed by atoms with E-state index >= 15 is 0 Å². The summed E-state index contributed by atoms with van der Waals surface area (Å²) in [7, 11) is 0. The van der Waals surface area contributed by atoms with E-state index in [2.05, 4.69) is 5.16 Å². The third kappa shape index (κ3) is 1.77. The highest BCUT2D eigenvalue weighted by Crippen LogP contribution is 2.19. The molecule has 1 saturated heterocycles. The van der Waals surface area contributed by atoms with E-state index in [-0.39, 0.29) is 11.7 Å². The van der Waals surface area contributed by atoms with Crippen LogP contribution in [0, 0.1) is 0 Å². The Morgan fingerprint density at radius 3 is 3.21 bits per heavy atom. The van der Waals surface area contributed by atoms with E-state index in [1.807, 2.05) is 0 Å². The third-order valence-electron chi connectivity index (χ3n) is 2.31. The van der Waals surface area contributed by atoms with Gasteiger partial charge in [0.2, 0.25) is 0 Å². The van der Waals surface area contributed by atoms with E-state index in [1.54, 1.807) is 0 Å². The van der Waals surface area contributed by atoms with Gasteiger partial charge in [-0.2, -0.15) is 0 Å². The lowest BCUT2D eigenvalue weighted by atomic mass is 10.1. The Labute approximate surface area is 80.6 Å². The maximum absolute atomic E-state index is 10.7. The van der Waals surface area contributed by atoms with E-state index in [0.29, 0.717) is 12.2 Å².